The molecule has 6 unspecified atom stereocenters. The molecule has 7 heteroatoms. The third-order valence-corrected chi connectivity index (χ3v) is 6.94. The van der Waals surface area contributed by atoms with Crippen molar-refractivity contribution < 1.29 is 25.2 Å². The molecular formula is C33H40N2O5. The molecule has 0 radical (unpaired) electrons. The molecule has 212 valence electrons. The maximum atomic E-state index is 13.5. The van der Waals surface area contributed by atoms with Gasteiger partial charge in [0.1, 0.15) is 5.75 Å². The molecule has 6 atom stereocenters. The normalized spacial score (nSPS) is 16.0. The van der Waals surface area contributed by atoms with E-state index in [1.165, 1.54) is 12.2 Å². The van der Waals surface area contributed by atoms with Crippen molar-refractivity contribution in [1.82, 2.24) is 5.32 Å². The lowest BCUT2D eigenvalue weighted by Crippen LogP contribution is -2.48. The maximum Gasteiger partial charge on any atom is 0.226 e. The lowest BCUT2D eigenvalue weighted by Gasteiger charge is -2.27. The largest absolute Gasteiger partial charge is 0.508 e. The molecule has 0 heterocycles. The zero-order valence-corrected chi connectivity index (χ0v) is 22.6. The molecule has 0 saturated heterocycles. The molecule has 40 heavy (non-hydrogen) atoms. The van der Waals surface area contributed by atoms with E-state index < -0.39 is 42.2 Å². The lowest BCUT2D eigenvalue weighted by atomic mass is 9.91. The van der Waals surface area contributed by atoms with Crippen LogP contribution in [0, 0.1) is 5.92 Å². The number of phenols is 1. The van der Waals surface area contributed by atoms with Gasteiger partial charge in [-0.2, -0.15) is 0 Å². The average molecular weight is 545 g/mol. The first-order chi connectivity index (χ1) is 19.3. The summed E-state index contributed by atoms with van der Waals surface area (Å²) in [7, 11) is 0. The molecule has 0 saturated carbocycles. The Hall–Kier alpha value is -3.75. The average Bonchev–Trinajstić information content (AvgIpc) is 2.97. The molecule has 0 aromatic heterocycles. The molecule has 0 spiro atoms. The van der Waals surface area contributed by atoms with Gasteiger partial charge in [0.05, 0.1) is 30.3 Å². The van der Waals surface area contributed by atoms with Crippen molar-refractivity contribution in [3.8, 4) is 5.75 Å². The Balaban J connectivity index is 1.68. The van der Waals surface area contributed by atoms with Gasteiger partial charge in [0.25, 0.3) is 0 Å². The van der Waals surface area contributed by atoms with E-state index >= 15 is 0 Å². The van der Waals surface area contributed by atoms with E-state index in [0.29, 0.717) is 12.8 Å². The molecular weight excluding hydrogens is 504 g/mol. The Kier molecular flexibility index (Phi) is 12.1. The zero-order valence-electron chi connectivity index (χ0n) is 22.6. The van der Waals surface area contributed by atoms with E-state index in [4.69, 9.17) is 5.73 Å². The van der Waals surface area contributed by atoms with Crippen LogP contribution in [0.15, 0.2) is 110 Å². The third kappa shape index (κ3) is 9.77. The Morgan fingerprint density at radius 2 is 1.35 bits per heavy atom. The number of hydrogen-bond acceptors (Lipinski definition) is 6. The van der Waals surface area contributed by atoms with Crippen LogP contribution < -0.4 is 11.1 Å². The Bertz CT molecular complexity index is 1200. The van der Waals surface area contributed by atoms with Gasteiger partial charge in [0, 0.05) is 6.04 Å². The molecule has 0 aliphatic heterocycles. The highest BCUT2D eigenvalue weighted by Gasteiger charge is 2.29. The van der Waals surface area contributed by atoms with E-state index in [0.717, 1.165) is 16.7 Å². The molecule has 0 fully saturated rings. The number of carbonyl (C=O) groups is 1. The number of aromatic hydroxyl groups is 1. The van der Waals surface area contributed by atoms with E-state index in [2.05, 4.69) is 11.9 Å². The molecule has 0 bridgehead atoms. The van der Waals surface area contributed by atoms with Crippen LogP contribution in [-0.4, -0.2) is 56.7 Å². The van der Waals surface area contributed by atoms with Crippen LogP contribution in [0.1, 0.15) is 23.1 Å². The molecule has 7 nitrogen and oxygen atoms in total. The molecule has 0 aliphatic rings. The number of aliphatic hydroxyl groups excluding tert-OH is 3. The molecule has 3 aromatic rings. The van der Waals surface area contributed by atoms with Crippen molar-refractivity contribution in [3.63, 3.8) is 0 Å². The summed E-state index contributed by atoms with van der Waals surface area (Å²) in [5, 5.41) is 44.6. The lowest BCUT2D eigenvalue weighted by molar-refractivity contribution is -0.128. The Morgan fingerprint density at radius 1 is 0.800 bits per heavy atom. The van der Waals surface area contributed by atoms with Gasteiger partial charge in [-0.15, -0.1) is 6.58 Å². The number of amides is 1. The first-order valence-electron chi connectivity index (χ1n) is 13.5. The van der Waals surface area contributed by atoms with Crippen molar-refractivity contribution >= 4 is 5.91 Å². The number of rotatable bonds is 15. The first kappa shape index (κ1) is 30.8. The Morgan fingerprint density at radius 3 is 1.93 bits per heavy atom. The van der Waals surface area contributed by atoms with Gasteiger partial charge in [0.2, 0.25) is 5.91 Å². The summed E-state index contributed by atoms with van der Waals surface area (Å²) < 4.78 is 0. The van der Waals surface area contributed by atoms with Crippen LogP contribution in [0.5, 0.6) is 5.75 Å². The van der Waals surface area contributed by atoms with Crippen molar-refractivity contribution in [3.05, 3.63) is 126 Å². The summed E-state index contributed by atoms with van der Waals surface area (Å²) in [4.78, 5) is 13.5. The van der Waals surface area contributed by atoms with Crippen molar-refractivity contribution in [2.45, 2.75) is 56.1 Å². The van der Waals surface area contributed by atoms with Crippen molar-refractivity contribution in [1.29, 1.82) is 0 Å². The van der Waals surface area contributed by atoms with Crippen molar-refractivity contribution in [2.75, 3.05) is 0 Å². The first-order valence-corrected chi connectivity index (χ1v) is 13.5. The smallest absolute Gasteiger partial charge is 0.226 e. The number of carbonyl (C=O) groups excluding carboxylic acids is 1. The fourth-order valence-corrected chi connectivity index (χ4v) is 4.52. The zero-order chi connectivity index (χ0) is 28.9. The summed E-state index contributed by atoms with van der Waals surface area (Å²) in [6.07, 6.45) is 2.86. The fourth-order valence-electron chi connectivity index (χ4n) is 4.52. The monoisotopic (exact) mass is 544 g/mol. The van der Waals surface area contributed by atoms with Gasteiger partial charge in [-0.05, 0) is 54.5 Å². The van der Waals surface area contributed by atoms with E-state index in [1.807, 2.05) is 60.7 Å². The second-order valence-electron chi connectivity index (χ2n) is 10.1. The maximum absolute atomic E-state index is 13.5. The van der Waals surface area contributed by atoms with Gasteiger partial charge < -0.3 is 31.5 Å². The van der Waals surface area contributed by atoms with Gasteiger partial charge in [-0.3, -0.25) is 4.79 Å². The number of aliphatic hydroxyl groups is 3. The van der Waals surface area contributed by atoms with Crippen LogP contribution in [0.3, 0.4) is 0 Å². The molecule has 7 N–H and O–H groups in total. The summed E-state index contributed by atoms with van der Waals surface area (Å²) >= 11 is 0. The second kappa shape index (κ2) is 15.7. The third-order valence-electron chi connectivity index (χ3n) is 6.94. The highest BCUT2D eigenvalue weighted by molar-refractivity contribution is 5.80. The number of nitrogens with two attached hydrogens (primary N) is 1. The highest BCUT2D eigenvalue weighted by Crippen LogP contribution is 2.18. The minimum Gasteiger partial charge on any atom is -0.508 e. The number of phenolic OH excluding ortho intramolecular Hbond substituents is 1. The predicted molar refractivity (Wildman–Crippen MR) is 157 cm³/mol. The highest BCUT2D eigenvalue weighted by atomic mass is 16.3. The SMILES string of the molecule is C=CC(O)C(Cc1ccccc1)NC(=O)C(Cc1ccccc1)C(O)C=CCC(O)C(N)Cc1ccc(O)cc1. The van der Waals surface area contributed by atoms with Crippen LogP contribution in [-0.2, 0) is 24.1 Å². The van der Waals surface area contributed by atoms with Crippen molar-refractivity contribution in [2.24, 2.45) is 11.7 Å². The Labute approximate surface area is 236 Å². The molecule has 3 rings (SSSR count). The van der Waals surface area contributed by atoms with Gasteiger partial charge in [-0.25, -0.2) is 0 Å². The quantitative estimate of drug-likeness (QED) is 0.163. The molecule has 1 amide bonds. The summed E-state index contributed by atoms with van der Waals surface area (Å²) in [6, 6.07) is 24.4. The molecule has 3 aromatic carbocycles. The summed E-state index contributed by atoms with van der Waals surface area (Å²) in [5.41, 5.74) is 8.89. The van der Waals surface area contributed by atoms with Crippen LogP contribution >= 0.6 is 0 Å². The van der Waals surface area contributed by atoms with E-state index in [-0.39, 0.29) is 18.6 Å². The summed E-state index contributed by atoms with van der Waals surface area (Å²) in [6.45, 7) is 3.67. The van der Waals surface area contributed by atoms with Gasteiger partial charge in [-0.1, -0.05) is 91.0 Å². The van der Waals surface area contributed by atoms with Crippen LogP contribution in [0.2, 0.25) is 0 Å². The van der Waals surface area contributed by atoms with Gasteiger partial charge >= 0.3 is 0 Å². The fraction of sp³-hybridized carbons (Fsp3) is 0.303. The van der Waals surface area contributed by atoms with Gasteiger partial charge in [0.15, 0.2) is 0 Å². The molecule has 0 aliphatic carbocycles. The topological polar surface area (TPSA) is 136 Å². The summed E-state index contributed by atoms with van der Waals surface area (Å²) in [5.74, 6) is -1.07. The number of nitrogens with one attached hydrogen (secondary N) is 1. The van der Waals surface area contributed by atoms with Crippen LogP contribution in [0.25, 0.3) is 0 Å². The standard InChI is InChI=1S/C33H40N2O5/c1-2-30(37)29(22-24-12-7-4-8-13-24)35-33(40)27(20-23-10-5-3-6-11-23)31(38)14-9-15-32(39)28(34)21-25-16-18-26(36)19-17-25/h2-14,16-19,27-32,36-39H,1,15,20-22,34H2,(H,35,40). The number of hydrogen-bond donors (Lipinski definition) is 6. The van der Waals surface area contributed by atoms with Crippen LogP contribution in [0.4, 0.5) is 0 Å². The minimum atomic E-state index is -1.14. The van der Waals surface area contributed by atoms with E-state index in [1.54, 1.807) is 30.3 Å². The number of benzene rings is 3. The van der Waals surface area contributed by atoms with E-state index in [9.17, 15) is 25.2 Å². The second-order valence-corrected chi connectivity index (χ2v) is 10.1. The minimum absolute atomic E-state index is 0.161. The predicted octanol–water partition coefficient (Wildman–Crippen LogP) is 3.06.